The van der Waals surface area contributed by atoms with Gasteiger partial charge in [0.2, 0.25) is 0 Å². The molecule has 1 unspecified atom stereocenters. The Labute approximate surface area is 130 Å². The van der Waals surface area contributed by atoms with Crippen molar-refractivity contribution in [1.29, 1.82) is 0 Å². The summed E-state index contributed by atoms with van der Waals surface area (Å²) in [6, 6.07) is 8.00. The molecule has 112 valence electrons. The number of hydrogen-bond donors (Lipinski definition) is 1. The molecular formula is C16H15BrF3N. The highest BCUT2D eigenvalue weighted by atomic mass is 79.9. The summed E-state index contributed by atoms with van der Waals surface area (Å²) in [5.74, 6) is -2.20. The summed E-state index contributed by atoms with van der Waals surface area (Å²) in [5.41, 5.74) is 1.20. The lowest BCUT2D eigenvalue weighted by Gasteiger charge is -2.21. The quantitative estimate of drug-likeness (QED) is 0.797. The molecule has 21 heavy (non-hydrogen) atoms. The van der Waals surface area contributed by atoms with Gasteiger partial charge in [-0.3, -0.25) is 0 Å². The van der Waals surface area contributed by atoms with E-state index >= 15 is 0 Å². The van der Waals surface area contributed by atoms with Gasteiger partial charge < -0.3 is 5.32 Å². The Hall–Kier alpha value is -1.33. The molecule has 0 heterocycles. The summed E-state index contributed by atoms with van der Waals surface area (Å²) in [7, 11) is 0. The first-order valence-electron chi connectivity index (χ1n) is 6.66. The molecule has 2 aromatic rings. The topological polar surface area (TPSA) is 12.0 Å². The minimum absolute atomic E-state index is 0.323. The molecule has 0 amide bonds. The van der Waals surface area contributed by atoms with Crippen LogP contribution in [0, 0.1) is 17.5 Å². The average molecular weight is 358 g/mol. The lowest BCUT2D eigenvalue weighted by Crippen LogP contribution is -2.24. The minimum atomic E-state index is -0.914. The summed E-state index contributed by atoms with van der Waals surface area (Å²) in [5, 5.41) is 3.23. The molecule has 0 saturated heterocycles. The fraction of sp³-hybridized carbons (Fsp3) is 0.250. The van der Waals surface area contributed by atoms with E-state index in [9.17, 15) is 13.2 Å². The van der Waals surface area contributed by atoms with Crippen LogP contribution in [0.2, 0.25) is 0 Å². The molecule has 0 bridgehead atoms. The number of rotatable bonds is 5. The van der Waals surface area contributed by atoms with Gasteiger partial charge in [0.1, 0.15) is 5.82 Å². The van der Waals surface area contributed by atoms with Gasteiger partial charge in [-0.15, -0.1) is 0 Å². The molecule has 0 saturated carbocycles. The third kappa shape index (κ3) is 3.66. The van der Waals surface area contributed by atoms with Gasteiger partial charge >= 0.3 is 0 Å². The highest BCUT2D eigenvalue weighted by Gasteiger charge is 2.19. The lowest BCUT2D eigenvalue weighted by atomic mass is 9.98. The standard InChI is InChI=1S/C16H15BrF3N/c1-2-8-21-16(10-6-7-12(18)14(20)9-10)11-4-3-5-13(19)15(11)17/h3-7,9,16,21H,2,8H2,1H3. The zero-order valence-corrected chi connectivity index (χ0v) is 13.1. The van der Waals surface area contributed by atoms with E-state index in [4.69, 9.17) is 0 Å². The van der Waals surface area contributed by atoms with Gasteiger partial charge in [-0.2, -0.15) is 0 Å². The Balaban J connectivity index is 2.47. The number of halogens is 4. The van der Waals surface area contributed by atoms with E-state index in [0.29, 0.717) is 22.1 Å². The van der Waals surface area contributed by atoms with E-state index in [-0.39, 0.29) is 0 Å². The molecular weight excluding hydrogens is 343 g/mol. The smallest absolute Gasteiger partial charge is 0.159 e. The van der Waals surface area contributed by atoms with Crippen LogP contribution >= 0.6 is 15.9 Å². The number of benzene rings is 2. The normalized spacial score (nSPS) is 12.4. The van der Waals surface area contributed by atoms with Crippen LogP contribution < -0.4 is 5.32 Å². The Morgan fingerprint density at radius 3 is 2.48 bits per heavy atom. The van der Waals surface area contributed by atoms with Crippen molar-refractivity contribution in [3.63, 3.8) is 0 Å². The molecule has 0 spiro atoms. The summed E-state index contributed by atoms with van der Waals surface area (Å²) in [4.78, 5) is 0. The van der Waals surface area contributed by atoms with Crippen molar-refractivity contribution in [1.82, 2.24) is 5.32 Å². The van der Waals surface area contributed by atoms with Crippen molar-refractivity contribution in [2.45, 2.75) is 19.4 Å². The van der Waals surface area contributed by atoms with E-state index in [1.807, 2.05) is 6.92 Å². The Bertz CT molecular complexity index is 631. The molecule has 0 fully saturated rings. The highest BCUT2D eigenvalue weighted by Crippen LogP contribution is 2.31. The van der Waals surface area contributed by atoms with Crippen LogP contribution in [0.3, 0.4) is 0 Å². The van der Waals surface area contributed by atoms with Crippen molar-refractivity contribution in [2.75, 3.05) is 6.54 Å². The van der Waals surface area contributed by atoms with Gasteiger partial charge in [-0.25, -0.2) is 13.2 Å². The highest BCUT2D eigenvalue weighted by molar-refractivity contribution is 9.10. The van der Waals surface area contributed by atoms with Crippen LogP contribution in [0.1, 0.15) is 30.5 Å². The SMILES string of the molecule is CCCNC(c1ccc(F)c(F)c1)c1cccc(F)c1Br. The van der Waals surface area contributed by atoms with Gasteiger partial charge in [0, 0.05) is 0 Å². The molecule has 2 rings (SSSR count). The molecule has 2 aromatic carbocycles. The van der Waals surface area contributed by atoms with Gasteiger partial charge in [-0.1, -0.05) is 25.1 Å². The number of nitrogens with one attached hydrogen (secondary N) is 1. The predicted molar refractivity (Wildman–Crippen MR) is 80.6 cm³/mol. The second-order valence-corrected chi connectivity index (χ2v) is 5.50. The first kappa shape index (κ1) is 16.0. The van der Waals surface area contributed by atoms with E-state index < -0.39 is 23.5 Å². The van der Waals surface area contributed by atoms with Crippen LogP contribution in [0.15, 0.2) is 40.9 Å². The van der Waals surface area contributed by atoms with Crippen molar-refractivity contribution >= 4 is 15.9 Å². The lowest BCUT2D eigenvalue weighted by molar-refractivity contribution is 0.502. The van der Waals surface area contributed by atoms with Gasteiger partial charge in [0.15, 0.2) is 11.6 Å². The molecule has 0 aromatic heterocycles. The molecule has 1 N–H and O–H groups in total. The average Bonchev–Trinajstić information content (AvgIpc) is 2.47. The van der Waals surface area contributed by atoms with E-state index in [2.05, 4.69) is 21.2 Å². The van der Waals surface area contributed by atoms with Gasteiger partial charge in [0.05, 0.1) is 10.5 Å². The predicted octanol–water partition coefficient (Wildman–Crippen LogP) is 4.96. The molecule has 1 atom stereocenters. The van der Waals surface area contributed by atoms with Crippen molar-refractivity contribution in [2.24, 2.45) is 0 Å². The molecule has 0 aliphatic heterocycles. The fourth-order valence-corrected chi connectivity index (χ4v) is 2.62. The third-order valence-corrected chi connectivity index (χ3v) is 4.00. The monoisotopic (exact) mass is 357 g/mol. The minimum Gasteiger partial charge on any atom is -0.306 e. The molecule has 0 aliphatic rings. The van der Waals surface area contributed by atoms with Crippen LogP contribution in [0.25, 0.3) is 0 Å². The van der Waals surface area contributed by atoms with Crippen LogP contribution in [0.4, 0.5) is 13.2 Å². The van der Waals surface area contributed by atoms with E-state index in [0.717, 1.165) is 18.6 Å². The summed E-state index contributed by atoms with van der Waals surface area (Å²) >= 11 is 3.22. The Kier molecular flexibility index (Phi) is 5.42. The van der Waals surface area contributed by atoms with Crippen LogP contribution in [0.5, 0.6) is 0 Å². The largest absolute Gasteiger partial charge is 0.306 e. The zero-order chi connectivity index (χ0) is 15.4. The third-order valence-electron chi connectivity index (χ3n) is 3.17. The first-order valence-corrected chi connectivity index (χ1v) is 7.46. The van der Waals surface area contributed by atoms with Crippen molar-refractivity contribution < 1.29 is 13.2 Å². The zero-order valence-electron chi connectivity index (χ0n) is 11.5. The first-order chi connectivity index (χ1) is 10.0. The Morgan fingerprint density at radius 1 is 1.05 bits per heavy atom. The fourth-order valence-electron chi connectivity index (χ4n) is 2.13. The Morgan fingerprint density at radius 2 is 1.81 bits per heavy atom. The van der Waals surface area contributed by atoms with Gasteiger partial charge in [0.25, 0.3) is 0 Å². The molecule has 0 radical (unpaired) electrons. The van der Waals surface area contributed by atoms with Gasteiger partial charge in [-0.05, 0) is 58.2 Å². The molecule has 1 nitrogen and oxygen atoms in total. The maximum absolute atomic E-state index is 13.7. The van der Waals surface area contributed by atoms with Crippen LogP contribution in [-0.4, -0.2) is 6.54 Å². The summed E-state index contributed by atoms with van der Waals surface area (Å²) < 4.78 is 40.6. The van der Waals surface area contributed by atoms with E-state index in [1.165, 1.54) is 12.1 Å². The van der Waals surface area contributed by atoms with Crippen molar-refractivity contribution in [3.05, 3.63) is 69.4 Å². The van der Waals surface area contributed by atoms with Crippen molar-refractivity contribution in [3.8, 4) is 0 Å². The number of hydrogen-bond acceptors (Lipinski definition) is 1. The molecule has 0 aliphatic carbocycles. The maximum Gasteiger partial charge on any atom is 0.159 e. The summed E-state index contributed by atoms with van der Waals surface area (Å²) in [6.07, 6.45) is 0.868. The molecule has 5 heteroatoms. The maximum atomic E-state index is 13.7. The van der Waals surface area contributed by atoms with Crippen LogP contribution in [-0.2, 0) is 0 Å². The second kappa shape index (κ2) is 7.09. The summed E-state index contributed by atoms with van der Waals surface area (Å²) in [6.45, 7) is 2.67. The van der Waals surface area contributed by atoms with E-state index in [1.54, 1.807) is 12.1 Å². The second-order valence-electron chi connectivity index (χ2n) is 4.70.